The largest absolute Gasteiger partial charge is 0.444 e. The molecule has 21 heavy (non-hydrogen) atoms. The number of rotatable bonds is 5. The van der Waals surface area contributed by atoms with Crippen LogP contribution in [0.2, 0.25) is 0 Å². The molecule has 0 saturated carbocycles. The Kier molecular flexibility index (Phi) is 6.47. The number of nitrogens with one attached hydrogen (secondary N) is 2. The van der Waals surface area contributed by atoms with E-state index in [-0.39, 0.29) is 17.7 Å². The van der Waals surface area contributed by atoms with Gasteiger partial charge in [-0.15, -0.1) is 0 Å². The van der Waals surface area contributed by atoms with Crippen molar-refractivity contribution in [3.05, 3.63) is 0 Å². The fourth-order valence-electron chi connectivity index (χ4n) is 2.57. The van der Waals surface area contributed by atoms with Gasteiger partial charge in [0.1, 0.15) is 5.60 Å². The number of hydrogen-bond acceptors (Lipinski definition) is 4. The molecule has 1 unspecified atom stereocenters. The van der Waals surface area contributed by atoms with Gasteiger partial charge in [-0.3, -0.25) is 0 Å². The number of carbonyl (C=O) groups is 1. The average molecular weight is 299 g/mol. The molecule has 0 spiro atoms. The molecule has 124 valence electrons. The molecule has 1 aliphatic heterocycles. The molecule has 0 bridgehead atoms. The van der Waals surface area contributed by atoms with E-state index in [4.69, 9.17) is 4.74 Å². The molecule has 1 saturated heterocycles. The number of ether oxygens (including phenoxy) is 1. The Labute approximate surface area is 129 Å². The molecule has 1 fully saturated rings. The first-order valence-corrected chi connectivity index (χ1v) is 8.09. The van der Waals surface area contributed by atoms with E-state index in [9.17, 15) is 4.79 Å². The maximum atomic E-state index is 12.1. The van der Waals surface area contributed by atoms with Gasteiger partial charge < -0.3 is 20.3 Å². The van der Waals surface area contributed by atoms with Crippen molar-refractivity contribution in [3.8, 4) is 0 Å². The van der Waals surface area contributed by atoms with Gasteiger partial charge in [-0.25, -0.2) is 4.79 Å². The summed E-state index contributed by atoms with van der Waals surface area (Å²) in [6, 6.07) is 0.280. The summed E-state index contributed by atoms with van der Waals surface area (Å²) in [6.07, 6.45) is 2.11. The van der Waals surface area contributed by atoms with Gasteiger partial charge >= 0.3 is 6.09 Å². The fraction of sp³-hybridized carbons (Fsp3) is 0.938. The zero-order valence-corrected chi connectivity index (χ0v) is 14.6. The molecule has 1 rings (SSSR count). The van der Waals surface area contributed by atoms with E-state index in [0.717, 1.165) is 19.5 Å². The van der Waals surface area contributed by atoms with Crippen molar-refractivity contribution in [2.45, 2.75) is 71.6 Å². The van der Waals surface area contributed by atoms with Gasteiger partial charge in [-0.1, -0.05) is 13.3 Å². The van der Waals surface area contributed by atoms with Crippen LogP contribution in [0.15, 0.2) is 0 Å². The smallest absolute Gasteiger partial charge is 0.410 e. The van der Waals surface area contributed by atoms with Crippen molar-refractivity contribution in [1.29, 1.82) is 0 Å². The zero-order valence-electron chi connectivity index (χ0n) is 14.6. The van der Waals surface area contributed by atoms with Crippen LogP contribution in [-0.4, -0.2) is 54.4 Å². The highest BCUT2D eigenvalue weighted by Gasteiger charge is 2.28. The third kappa shape index (κ3) is 7.14. The SMILES string of the molecule is CCCC(C)(C)NCC1CN(C(=O)OC(C)(C)C)CCN1. The lowest BCUT2D eigenvalue weighted by Crippen LogP contribution is -2.58. The fourth-order valence-corrected chi connectivity index (χ4v) is 2.57. The molecular weight excluding hydrogens is 266 g/mol. The Morgan fingerprint density at radius 2 is 2.00 bits per heavy atom. The van der Waals surface area contributed by atoms with Gasteiger partial charge in [0.05, 0.1) is 0 Å². The molecule has 1 heterocycles. The predicted molar refractivity (Wildman–Crippen MR) is 86.6 cm³/mol. The van der Waals surface area contributed by atoms with Gasteiger partial charge in [-0.2, -0.15) is 0 Å². The first-order valence-electron chi connectivity index (χ1n) is 8.09. The normalized spacial score (nSPS) is 20.5. The van der Waals surface area contributed by atoms with E-state index in [1.165, 1.54) is 6.42 Å². The maximum absolute atomic E-state index is 12.1. The standard InChI is InChI=1S/C16H33N3O2/c1-7-8-16(5,6)18-11-13-12-19(10-9-17-13)14(20)21-15(2,3)4/h13,17-18H,7-12H2,1-6H3. The van der Waals surface area contributed by atoms with Crippen LogP contribution in [-0.2, 0) is 4.74 Å². The molecule has 1 atom stereocenters. The number of amides is 1. The summed E-state index contributed by atoms with van der Waals surface area (Å²) in [6.45, 7) is 15.5. The molecule has 0 aromatic rings. The molecule has 5 heteroatoms. The third-order valence-corrected chi connectivity index (χ3v) is 3.61. The Morgan fingerprint density at radius 1 is 1.33 bits per heavy atom. The summed E-state index contributed by atoms with van der Waals surface area (Å²) in [7, 11) is 0. The molecule has 2 N–H and O–H groups in total. The lowest BCUT2D eigenvalue weighted by Gasteiger charge is -2.36. The Hall–Kier alpha value is -0.810. The molecule has 0 aliphatic carbocycles. The monoisotopic (exact) mass is 299 g/mol. The minimum absolute atomic E-state index is 0.143. The van der Waals surface area contributed by atoms with E-state index in [2.05, 4.69) is 31.4 Å². The summed E-state index contributed by atoms with van der Waals surface area (Å²) in [4.78, 5) is 13.9. The minimum Gasteiger partial charge on any atom is -0.444 e. The molecule has 0 radical (unpaired) electrons. The van der Waals surface area contributed by atoms with Crippen molar-refractivity contribution >= 4 is 6.09 Å². The lowest BCUT2D eigenvalue weighted by atomic mass is 9.98. The Morgan fingerprint density at radius 3 is 2.57 bits per heavy atom. The number of nitrogens with zero attached hydrogens (tertiary/aromatic N) is 1. The Bertz CT molecular complexity index is 337. The van der Waals surface area contributed by atoms with Crippen LogP contribution in [0.3, 0.4) is 0 Å². The summed E-state index contributed by atoms with van der Waals surface area (Å²) in [5, 5.41) is 7.07. The van der Waals surface area contributed by atoms with E-state index in [1.807, 2.05) is 20.8 Å². The summed E-state index contributed by atoms with van der Waals surface area (Å²) in [5.74, 6) is 0. The van der Waals surface area contributed by atoms with Crippen LogP contribution in [0.1, 0.15) is 54.4 Å². The number of hydrogen-bond donors (Lipinski definition) is 2. The highest BCUT2D eigenvalue weighted by Crippen LogP contribution is 2.13. The van der Waals surface area contributed by atoms with Crippen molar-refractivity contribution < 1.29 is 9.53 Å². The van der Waals surface area contributed by atoms with Crippen molar-refractivity contribution in [2.75, 3.05) is 26.2 Å². The molecule has 1 aliphatic rings. The number of carbonyl (C=O) groups excluding carboxylic acids is 1. The number of piperazine rings is 1. The zero-order chi connectivity index (χ0) is 16.1. The first kappa shape index (κ1) is 18.2. The second kappa shape index (κ2) is 7.45. The van der Waals surface area contributed by atoms with Crippen LogP contribution >= 0.6 is 0 Å². The summed E-state index contributed by atoms with van der Waals surface area (Å²) < 4.78 is 5.45. The first-order chi connectivity index (χ1) is 9.63. The van der Waals surface area contributed by atoms with Gasteiger partial charge in [0, 0.05) is 37.8 Å². The molecule has 0 aromatic heterocycles. The quantitative estimate of drug-likeness (QED) is 0.818. The van der Waals surface area contributed by atoms with Crippen molar-refractivity contribution in [1.82, 2.24) is 15.5 Å². The highest BCUT2D eigenvalue weighted by molar-refractivity contribution is 5.68. The lowest BCUT2D eigenvalue weighted by molar-refractivity contribution is 0.0194. The van der Waals surface area contributed by atoms with Crippen molar-refractivity contribution in [2.24, 2.45) is 0 Å². The topological polar surface area (TPSA) is 53.6 Å². The van der Waals surface area contributed by atoms with E-state index < -0.39 is 5.60 Å². The molecular formula is C16H33N3O2. The summed E-state index contributed by atoms with van der Waals surface area (Å²) in [5.41, 5.74) is -0.288. The maximum Gasteiger partial charge on any atom is 0.410 e. The van der Waals surface area contributed by atoms with Crippen molar-refractivity contribution in [3.63, 3.8) is 0 Å². The minimum atomic E-state index is -0.432. The molecule has 5 nitrogen and oxygen atoms in total. The van der Waals surface area contributed by atoms with E-state index in [1.54, 1.807) is 4.90 Å². The highest BCUT2D eigenvalue weighted by atomic mass is 16.6. The predicted octanol–water partition coefficient (Wildman–Crippen LogP) is 2.36. The van der Waals surface area contributed by atoms with Crippen LogP contribution in [0.4, 0.5) is 4.79 Å². The molecule has 0 aromatic carbocycles. The third-order valence-electron chi connectivity index (χ3n) is 3.61. The van der Waals surface area contributed by atoms with Crippen LogP contribution < -0.4 is 10.6 Å². The molecule has 1 amide bonds. The van der Waals surface area contributed by atoms with Crippen LogP contribution in [0.5, 0.6) is 0 Å². The van der Waals surface area contributed by atoms with Gasteiger partial charge in [0.2, 0.25) is 0 Å². The summed E-state index contributed by atoms with van der Waals surface area (Å²) >= 11 is 0. The van der Waals surface area contributed by atoms with E-state index >= 15 is 0 Å². The van der Waals surface area contributed by atoms with E-state index in [0.29, 0.717) is 13.1 Å². The van der Waals surface area contributed by atoms with Crippen LogP contribution in [0.25, 0.3) is 0 Å². The van der Waals surface area contributed by atoms with Gasteiger partial charge in [-0.05, 0) is 41.0 Å². The Balaban J connectivity index is 2.43. The van der Waals surface area contributed by atoms with Crippen LogP contribution in [0, 0.1) is 0 Å². The average Bonchev–Trinajstić information content (AvgIpc) is 2.35. The van der Waals surface area contributed by atoms with Gasteiger partial charge in [0.15, 0.2) is 0 Å². The second-order valence-electron chi connectivity index (χ2n) is 7.59. The van der Waals surface area contributed by atoms with Gasteiger partial charge in [0.25, 0.3) is 0 Å². The second-order valence-corrected chi connectivity index (χ2v) is 7.59.